The number of anilines is 1. The molecule has 2 heterocycles. The molecule has 1 aliphatic rings. The van der Waals surface area contributed by atoms with Crippen molar-refractivity contribution in [1.29, 1.82) is 0 Å². The maximum atomic E-state index is 12.3. The fourth-order valence-corrected chi connectivity index (χ4v) is 3.88. The summed E-state index contributed by atoms with van der Waals surface area (Å²) in [6, 6.07) is 8.12. The zero-order valence-corrected chi connectivity index (χ0v) is 16.8. The van der Waals surface area contributed by atoms with Gasteiger partial charge in [0, 0.05) is 31.0 Å². The first-order valence-corrected chi connectivity index (χ1v) is 10.4. The molecule has 0 radical (unpaired) electrons. The van der Waals surface area contributed by atoms with Crippen LogP contribution in [-0.2, 0) is 9.59 Å². The molecule has 1 saturated heterocycles. The van der Waals surface area contributed by atoms with Crippen LogP contribution in [0.5, 0.6) is 5.75 Å². The highest BCUT2D eigenvalue weighted by molar-refractivity contribution is 7.13. The first-order valence-electron chi connectivity index (χ1n) is 9.50. The van der Waals surface area contributed by atoms with Crippen LogP contribution < -0.4 is 15.4 Å². The van der Waals surface area contributed by atoms with Crippen molar-refractivity contribution in [2.45, 2.75) is 31.7 Å². The van der Waals surface area contributed by atoms with Crippen LogP contribution in [0.15, 0.2) is 35.8 Å². The molecule has 1 aromatic carbocycles. The lowest BCUT2D eigenvalue weighted by Crippen LogP contribution is -2.37. The zero-order chi connectivity index (χ0) is 19.8. The van der Waals surface area contributed by atoms with Gasteiger partial charge in [-0.25, -0.2) is 4.98 Å². The number of methoxy groups -OCH3 is 1. The van der Waals surface area contributed by atoms with Crippen molar-refractivity contribution >= 4 is 28.3 Å². The van der Waals surface area contributed by atoms with Crippen LogP contribution in [0.3, 0.4) is 0 Å². The van der Waals surface area contributed by atoms with Gasteiger partial charge in [-0.3, -0.25) is 14.5 Å². The molecule has 28 heavy (non-hydrogen) atoms. The average molecular weight is 403 g/mol. The van der Waals surface area contributed by atoms with Crippen molar-refractivity contribution in [3.63, 3.8) is 0 Å². The van der Waals surface area contributed by atoms with Gasteiger partial charge in [0.25, 0.3) is 0 Å². The number of likely N-dealkylation sites (tertiary alicyclic amines) is 1. The van der Waals surface area contributed by atoms with Gasteiger partial charge in [0.2, 0.25) is 11.8 Å². The topological polar surface area (TPSA) is 83.6 Å². The number of hydrogen-bond donors (Lipinski definition) is 2. The fourth-order valence-electron chi connectivity index (χ4n) is 3.33. The Hall–Kier alpha value is -2.45. The number of carbonyl (C=O) groups is 2. The Bertz CT molecular complexity index is 758. The number of ether oxygens (including phenoxy) is 1. The second-order valence-corrected chi connectivity index (χ2v) is 7.62. The lowest BCUT2D eigenvalue weighted by Gasteiger charge is -2.28. The van der Waals surface area contributed by atoms with E-state index in [9.17, 15) is 9.59 Å². The normalized spacial score (nSPS) is 15.2. The lowest BCUT2D eigenvalue weighted by molar-refractivity contribution is -0.124. The van der Waals surface area contributed by atoms with Crippen LogP contribution in [0.2, 0.25) is 0 Å². The molecule has 1 aromatic heterocycles. The SMILES string of the molecule is COc1ccc(C(CNC(=O)CCC(=O)Nc2nccs2)N2CCCC2)cc1. The van der Waals surface area contributed by atoms with E-state index in [1.54, 1.807) is 18.7 Å². The highest BCUT2D eigenvalue weighted by Gasteiger charge is 2.24. The van der Waals surface area contributed by atoms with Gasteiger partial charge in [-0.2, -0.15) is 0 Å². The molecule has 0 aliphatic carbocycles. The smallest absolute Gasteiger partial charge is 0.226 e. The molecule has 0 spiro atoms. The van der Waals surface area contributed by atoms with Crippen LogP contribution in [0, 0.1) is 0 Å². The minimum atomic E-state index is -0.198. The Morgan fingerprint density at radius 2 is 1.89 bits per heavy atom. The van der Waals surface area contributed by atoms with E-state index in [-0.39, 0.29) is 30.7 Å². The van der Waals surface area contributed by atoms with Crippen LogP contribution in [0.4, 0.5) is 5.13 Å². The Morgan fingerprint density at radius 3 is 2.54 bits per heavy atom. The summed E-state index contributed by atoms with van der Waals surface area (Å²) in [6.07, 6.45) is 4.29. The van der Waals surface area contributed by atoms with Crippen LogP contribution in [-0.4, -0.2) is 48.4 Å². The molecule has 1 atom stereocenters. The molecule has 1 fully saturated rings. The molecule has 2 aromatic rings. The van der Waals surface area contributed by atoms with Crippen molar-refractivity contribution in [3.05, 3.63) is 41.4 Å². The molecule has 7 nitrogen and oxygen atoms in total. The van der Waals surface area contributed by atoms with E-state index >= 15 is 0 Å². The van der Waals surface area contributed by atoms with Crippen molar-refractivity contribution in [2.24, 2.45) is 0 Å². The zero-order valence-electron chi connectivity index (χ0n) is 16.0. The van der Waals surface area contributed by atoms with Crippen molar-refractivity contribution in [3.8, 4) is 5.75 Å². The number of hydrogen-bond acceptors (Lipinski definition) is 6. The van der Waals surface area contributed by atoms with Gasteiger partial charge in [-0.05, 0) is 43.6 Å². The predicted octanol–water partition coefficient (Wildman–Crippen LogP) is 2.82. The largest absolute Gasteiger partial charge is 0.497 e. The predicted molar refractivity (Wildman–Crippen MR) is 110 cm³/mol. The van der Waals surface area contributed by atoms with Gasteiger partial charge in [0.05, 0.1) is 13.2 Å². The second kappa shape index (κ2) is 10.2. The molecular formula is C20H26N4O3S. The fraction of sp³-hybridized carbons (Fsp3) is 0.450. The minimum Gasteiger partial charge on any atom is -0.497 e. The average Bonchev–Trinajstić information content (AvgIpc) is 3.41. The highest BCUT2D eigenvalue weighted by Crippen LogP contribution is 2.26. The van der Waals surface area contributed by atoms with E-state index in [1.807, 2.05) is 12.1 Å². The van der Waals surface area contributed by atoms with Crippen molar-refractivity contribution in [2.75, 3.05) is 32.1 Å². The first kappa shape index (κ1) is 20.3. The van der Waals surface area contributed by atoms with E-state index in [2.05, 4.69) is 32.7 Å². The third kappa shape index (κ3) is 5.77. The van der Waals surface area contributed by atoms with E-state index in [0.717, 1.165) is 24.4 Å². The van der Waals surface area contributed by atoms with Crippen molar-refractivity contribution < 1.29 is 14.3 Å². The van der Waals surface area contributed by atoms with E-state index in [0.29, 0.717) is 11.7 Å². The van der Waals surface area contributed by atoms with Gasteiger partial charge in [0.15, 0.2) is 5.13 Å². The quantitative estimate of drug-likeness (QED) is 0.674. The molecule has 1 aliphatic heterocycles. The van der Waals surface area contributed by atoms with Gasteiger partial charge < -0.3 is 15.4 Å². The number of thiazole rings is 1. The second-order valence-electron chi connectivity index (χ2n) is 6.72. The van der Waals surface area contributed by atoms with E-state index < -0.39 is 0 Å². The summed E-state index contributed by atoms with van der Waals surface area (Å²) in [5.74, 6) is 0.502. The summed E-state index contributed by atoms with van der Waals surface area (Å²) in [5.41, 5.74) is 1.16. The molecule has 2 N–H and O–H groups in total. The number of amides is 2. The van der Waals surface area contributed by atoms with Gasteiger partial charge in [-0.15, -0.1) is 11.3 Å². The molecule has 1 unspecified atom stereocenters. The Labute approximate surface area is 169 Å². The Morgan fingerprint density at radius 1 is 1.18 bits per heavy atom. The summed E-state index contributed by atoms with van der Waals surface area (Å²) >= 11 is 1.36. The van der Waals surface area contributed by atoms with Crippen LogP contribution >= 0.6 is 11.3 Å². The van der Waals surface area contributed by atoms with Crippen molar-refractivity contribution in [1.82, 2.24) is 15.2 Å². The number of nitrogens with one attached hydrogen (secondary N) is 2. The summed E-state index contributed by atoms with van der Waals surface area (Å²) in [5, 5.41) is 8.03. The van der Waals surface area contributed by atoms with E-state index in [4.69, 9.17) is 4.74 Å². The van der Waals surface area contributed by atoms with Gasteiger partial charge in [-0.1, -0.05) is 12.1 Å². The Balaban J connectivity index is 1.50. The lowest BCUT2D eigenvalue weighted by atomic mass is 10.0. The van der Waals surface area contributed by atoms with E-state index in [1.165, 1.54) is 24.2 Å². The molecule has 8 heteroatoms. The summed E-state index contributed by atoms with van der Waals surface area (Å²) < 4.78 is 5.24. The number of aromatic nitrogens is 1. The third-order valence-electron chi connectivity index (χ3n) is 4.83. The maximum absolute atomic E-state index is 12.3. The number of nitrogens with zero attached hydrogens (tertiary/aromatic N) is 2. The summed E-state index contributed by atoms with van der Waals surface area (Å²) in [6.45, 7) is 2.59. The van der Waals surface area contributed by atoms with Gasteiger partial charge in [0.1, 0.15) is 5.75 Å². The monoisotopic (exact) mass is 402 g/mol. The van der Waals surface area contributed by atoms with Gasteiger partial charge >= 0.3 is 0 Å². The molecule has 3 rings (SSSR count). The molecule has 150 valence electrons. The van der Waals surface area contributed by atoms with Crippen LogP contribution in [0.1, 0.15) is 37.3 Å². The number of rotatable bonds is 9. The summed E-state index contributed by atoms with van der Waals surface area (Å²) in [7, 11) is 1.65. The maximum Gasteiger partial charge on any atom is 0.226 e. The molecule has 0 saturated carbocycles. The third-order valence-corrected chi connectivity index (χ3v) is 5.52. The standard InChI is InChI=1S/C20H26N4O3S/c1-27-16-6-4-15(5-7-16)17(24-11-2-3-12-24)14-22-18(25)8-9-19(26)23-20-21-10-13-28-20/h4-7,10,13,17H,2-3,8-9,11-12,14H2,1H3,(H,22,25)(H,21,23,26). The molecular weight excluding hydrogens is 376 g/mol. The minimum absolute atomic E-state index is 0.119. The first-order chi connectivity index (χ1) is 13.7. The summed E-state index contributed by atoms with van der Waals surface area (Å²) in [4.78, 5) is 30.6. The number of carbonyl (C=O) groups excluding carboxylic acids is 2. The number of benzene rings is 1. The molecule has 2 amide bonds. The highest BCUT2D eigenvalue weighted by atomic mass is 32.1. The molecule has 0 bridgehead atoms. The Kier molecular flexibility index (Phi) is 7.39. The van der Waals surface area contributed by atoms with Crippen LogP contribution in [0.25, 0.3) is 0 Å².